The molecule has 1 rings (SSSR count). The lowest BCUT2D eigenvalue weighted by Gasteiger charge is -2.16. The number of nitrogens with one attached hydrogen (secondary N) is 1. The van der Waals surface area contributed by atoms with Crippen molar-refractivity contribution in [3.05, 3.63) is 28.2 Å². The van der Waals surface area contributed by atoms with Crippen LogP contribution in [0, 0.1) is 12.8 Å². The predicted molar refractivity (Wildman–Crippen MR) is 70.3 cm³/mol. The summed E-state index contributed by atoms with van der Waals surface area (Å²) in [5.74, 6) is -0.0105. The maximum Gasteiger partial charge on any atom is 0.241 e. The highest BCUT2D eigenvalue weighted by Crippen LogP contribution is 2.23. The predicted octanol–water partition coefficient (Wildman–Crippen LogP) is 2.68. The smallest absolute Gasteiger partial charge is 0.241 e. The molecule has 88 valence electrons. The van der Waals surface area contributed by atoms with Gasteiger partial charge in [-0.1, -0.05) is 35.8 Å². The van der Waals surface area contributed by atoms with Gasteiger partial charge in [0, 0.05) is 10.2 Å². The molecule has 1 amide bonds. The summed E-state index contributed by atoms with van der Waals surface area (Å²) in [6.45, 7) is 5.80. The summed E-state index contributed by atoms with van der Waals surface area (Å²) in [7, 11) is 0. The molecule has 0 saturated carbocycles. The number of carbonyl (C=O) groups excluding carboxylic acids is 1. The first-order valence-electron chi connectivity index (χ1n) is 5.25. The van der Waals surface area contributed by atoms with E-state index in [-0.39, 0.29) is 11.8 Å². The minimum atomic E-state index is -0.474. The molecule has 1 unspecified atom stereocenters. The van der Waals surface area contributed by atoms with E-state index in [1.54, 1.807) is 0 Å². The molecular formula is C12H17BrN2O. The lowest BCUT2D eigenvalue weighted by molar-refractivity contribution is -0.118. The molecule has 0 aliphatic rings. The van der Waals surface area contributed by atoms with Crippen molar-refractivity contribution < 1.29 is 4.79 Å². The van der Waals surface area contributed by atoms with Crippen molar-refractivity contribution in [2.75, 3.05) is 5.32 Å². The molecule has 0 aromatic heterocycles. The van der Waals surface area contributed by atoms with Crippen LogP contribution >= 0.6 is 15.9 Å². The first-order valence-corrected chi connectivity index (χ1v) is 6.04. The Hall–Kier alpha value is -0.870. The fraction of sp³-hybridized carbons (Fsp3) is 0.417. The zero-order valence-corrected chi connectivity index (χ0v) is 11.3. The zero-order valence-electron chi connectivity index (χ0n) is 9.75. The number of anilines is 1. The second-order valence-corrected chi connectivity index (χ2v) is 5.03. The quantitative estimate of drug-likeness (QED) is 0.897. The average Bonchev–Trinajstić information content (AvgIpc) is 2.23. The van der Waals surface area contributed by atoms with Crippen molar-refractivity contribution in [3.63, 3.8) is 0 Å². The maximum atomic E-state index is 11.8. The first kappa shape index (κ1) is 13.2. The minimum absolute atomic E-state index is 0.132. The molecule has 0 fully saturated rings. The van der Waals surface area contributed by atoms with Crippen molar-refractivity contribution in [2.45, 2.75) is 26.8 Å². The number of nitrogens with two attached hydrogens (primary N) is 1. The third kappa shape index (κ3) is 3.06. The maximum absolute atomic E-state index is 11.8. The number of halogens is 1. The van der Waals surface area contributed by atoms with Gasteiger partial charge in [-0.15, -0.1) is 0 Å². The molecular weight excluding hydrogens is 268 g/mol. The van der Waals surface area contributed by atoms with Gasteiger partial charge in [0.2, 0.25) is 5.91 Å². The van der Waals surface area contributed by atoms with E-state index < -0.39 is 6.04 Å². The first-order chi connectivity index (χ1) is 7.43. The van der Waals surface area contributed by atoms with Crippen LogP contribution in [0.25, 0.3) is 0 Å². The van der Waals surface area contributed by atoms with Crippen LogP contribution in [-0.4, -0.2) is 11.9 Å². The van der Waals surface area contributed by atoms with Crippen LogP contribution in [0.4, 0.5) is 5.69 Å². The summed E-state index contributed by atoms with van der Waals surface area (Å²) in [5, 5.41) is 2.84. The third-order valence-electron chi connectivity index (χ3n) is 2.55. The summed E-state index contributed by atoms with van der Waals surface area (Å²) in [4.78, 5) is 11.8. The molecule has 0 heterocycles. The molecule has 0 bridgehead atoms. The fourth-order valence-electron chi connectivity index (χ4n) is 1.26. The van der Waals surface area contributed by atoms with Gasteiger partial charge in [-0.25, -0.2) is 0 Å². The third-order valence-corrected chi connectivity index (χ3v) is 3.41. The van der Waals surface area contributed by atoms with Gasteiger partial charge in [0.05, 0.1) is 6.04 Å². The molecule has 0 aliphatic heterocycles. The monoisotopic (exact) mass is 284 g/mol. The Labute approximate surface area is 105 Å². The average molecular weight is 285 g/mol. The van der Waals surface area contributed by atoms with E-state index in [0.29, 0.717) is 0 Å². The van der Waals surface area contributed by atoms with Crippen LogP contribution in [-0.2, 0) is 4.79 Å². The van der Waals surface area contributed by atoms with E-state index in [1.165, 1.54) is 0 Å². The van der Waals surface area contributed by atoms with Gasteiger partial charge in [0.1, 0.15) is 0 Å². The highest BCUT2D eigenvalue weighted by molar-refractivity contribution is 9.10. The lowest BCUT2D eigenvalue weighted by atomic mass is 10.0. The number of benzene rings is 1. The van der Waals surface area contributed by atoms with E-state index in [0.717, 1.165) is 15.7 Å². The number of hydrogen-bond acceptors (Lipinski definition) is 2. The van der Waals surface area contributed by atoms with Crippen molar-refractivity contribution in [3.8, 4) is 0 Å². The standard InChI is InChI=1S/C12H17BrN2O/c1-7(2)11(14)12(16)15-10-6-4-5-9(13)8(10)3/h4-7,11H,14H2,1-3H3,(H,15,16). The van der Waals surface area contributed by atoms with Crippen LogP contribution in [0.1, 0.15) is 19.4 Å². The Morgan fingerprint density at radius 3 is 2.62 bits per heavy atom. The van der Waals surface area contributed by atoms with E-state index in [2.05, 4.69) is 21.2 Å². The number of amides is 1. The topological polar surface area (TPSA) is 55.1 Å². The normalized spacial score (nSPS) is 12.6. The fourth-order valence-corrected chi connectivity index (χ4v) is 1.63. The minimum Gasteiger partial charge on any atom is -0.324 e. The van der Waals surface area contributed by atoms with Crippen LogP contribution in [0.2, 0.25) is 0 Å². The van der Waals surface area contributed by atoms with Crippen LogP contribution < -0.4 is 11.1 Å². The molecule has 1 aromatic rings. The number of carbonyl (C=O) groups is 1. The highest BCUT2D eigenvalue weighted by Gasteiger charge is 2.17. The highest BCUT2D eigenvalue weighted by atomic mass is 79.9. The Kier molecular flexibility index (Phi) is 4.50. The summed E-state index contributed by atoms with van der Waals surface area (Å²) in [6, 6.07) is 5.21. The van der Waals surface area contributed by atoms with Crippen molar-refractivity contribution in [1.82, 2.24) is 0 Å². The van der Waals surface area contributed by atoms with Gasteiger partial charge in [0.25, 0.3) is 0 Å². The van der Waals surface area contributed by atoms with E-state index in [1.807, 2.05) is 39.0 Å². The van der Waals surface area contributed by atoms with Crippen LogP contribution in [0.3, 0.4) is 0 Å². The van der Waals surface area contributed by atoms with Crippen LogP contribution in [0.5, 0.6) is 0 Å². The zero-order chi connectivity index (χ0) is 12.3. The molecule has 16 heavy (non-hydrogen) atoms. The molecule has 0 spiro atoms. The van der Waals surface area contributed by atoms with Gasteiger partial charge in [0.15, 0.2) is 0 Å². The van der Waals surface area contributed by atoms with Gasteiger partial charge in [-0.05, 0) is 30.5 Å². The number of rotatable bonds is 3. The lowest BCUT2D eigenvalue weighted by Crippen LogP contribution is -2.39. The van der Waals surface area contributed by atoms with Crippen molar-refractivity contribution in [1.29, 1.82) is 0 Å². The summed E-state index contributed by atoms with van der Waals surface area (Å²) >= 11 is 3.42. The second kappa shape index (κ2) is 5.46. The van der Waals surface area contributed by atoms with Crippen LogP contribution in [0.15, 0.2) is 22.7 Å². The molecule has 3 N–H and O–H groups in total. The van der Waals surface area contributed by atoms with Crippen molar-refractivity contribution >= 4 is 27.5 Å². The largest absolute Gasteiger partial charge is 0.324 e. The summed E-state index contributed by atoms with van der Waals surface area (Å²) < 4.78 is 0.975. The van der Waals surface area contributed by atoms with Gasteiger partial charge in [-0.3, -0.25) is 4.79 Å². The molecule has 0 aliphatic carbocycles. The van der Waals surface area contributed by atoms with Gasteiger partial charge in [-0.2, -0.15) is 0 Å². The SMILES string of the molecule is Cc1c(Br)cccc1NC(=O)C(N)C(C)C. The Morgan fingerprint density at radius 1 is 1.44 bits per heavy atom. The number of hydrogen-bond donors (Lipinski definition) is 2. The molecule has 0 radical (unpaired) electrons. The molecule has 3 nitrogen and oxygen atoms in total. The van der Waals surface area contributed by atoms with Gasteiger partial charge < -0.3 is 11.1 Å². The van der Waals surface area contributed by atoms with Gasteiger partial charge >= 0.3 is 0 Å². The van der Waals surface area contributed by atoms with Crippen molar-refractivity contribution in [2.24, 2.45) is 11.7 Å². The summed E-state index contributed by atoms with van der Waals surface area (Å²) in [5.41, 5.74) is 7.58. The molecule has 0 saturated heterocycles. The molecule has 4 heteroatoms. The Bertz CT molecular complexity index is 391. The van der Waals surface area contributed by atoms with E-state index in [4.69, 9.17) is 5.73 Å². The summed E-state index contributed by atoms with van der Waals surface area (Å²) in [6.07, 6.45) is 0. The Morgan fingerprint density at radius 2 is 2.06 bits per heavy atom. The van der Waals surface area contributed by atoms with E-state index >= 15 is 0 Å². The van der Waals surface area contributed by atoms with E-state index in [9.17, 15) is 4.79 Å². The molecule has 1 aromatic carbocycles. The molecule has 1 atom stereocenters. The Balaban J connectivity index is 2.81. The second-order valence-electron chi connectivity index (χ2n) is 4.17.